The van der Waals surface area contributed by atoms with Crippen LogP contribution in [0.3, 0.4) is 0 Å². The summed E-state index contributed by atoms with van der Waals surface area (Å²) in [6, 6.07) is 12.9. The van der Waals surface area contributed by atoms with E-state index in [0.717, 1.165) is 49.9 Å². The molecular formula is C22H27N3O2. The summed E-state index contributed by atoms with van der Waals surface area (Å²) in [6.07, 6.45) is 2.13. The van der Waals surface area contributed by atoms with Crippen molar-refractivity contribution in [1.82, 2.24) is 10.2 Å². The fourth-order valence-electron chi connectivity index (χ4n) is 4.16. The van der Waals surface area contributed by atoms with Gasteiger partial charge in [0.05, 0.1) is 14.2 Å². The van der Waals surface area contributed by atoms with E-state index in [1.165, 1.54) is 22.3 Å². The molecule has 1 atom stereocenters. The molecule has 1 heterocycles. The lowest BCUT2D eigenvalue weighted by Gasteiger charge is -2.35. The normalized spacial score (nSPS) is 18.3. The lowest BCUT2D eigenvalue weighted by molar-refractivity contribution is 0.345. The molecule has 1 aliphatic heterocycles. The molecule has 1 unspecified atom stereocenters. The summed E-state index contributed by atoms with van der Waals surface area (Å²) in [5.74, 6) is 3.14. The number of aliphatic imine (C=N–C) groups is 1. The van der Waals surface area contributed by atoms with Crippen molar-refractivity contribution in [3.63, 3.8) is 0 Å². The Bertz CT molecular complexity index is 863. The zero-order chi connectivity index (χ0) is 18.8. The van der Waals surface area contributed by atoms with Crippen LogP contribution < -0.4 is 14.8 Å². The molecule has 0 amide bonds. The third-order valence-electron chi connectivity index (χ3n) is 5.70. The second-order valence-corrected chi connectivity index (χ2v) is 7.18. The molecule has 5 heteroatoms. The number of fused-ring (bicyclic) bond motifs is 2. The first-order valence-electron chi connectivity index (χ1n) is 9.50. The second-order valence-electron chi connectivity index (χ2n) is 7.18. The van der Waals surface area contributed by atoms with Crippen LogP contribution in [0.1, 0.15) is 28.2 Å². The summed E-state index contributed by atoms with van der Waals surface area (Å²) < 4.78 is 10.9. The third kappa shape index (κ3) is 3.34. The largest absolute Gasteiger partial charge is 0.493 e. The fourth-order valence-corrected chi connectivity index (χ4v) is 4.16. The smallest absolute Gasteiger partial charge is 0.193 e. The van der Waals surface area contributed by atoms with Gasteiger partial charge < -0.3 is 19.7 Å². The number of benzene rings is 2. The number of nitrogens with zero attached hydrogens (tertiary/aromatic N) is 2. The van der Waals surface area contributed by atoms with Crippen LogP contribution in [0, 0.1) is 0 Å². The zero-order valence-corrected chi connectivity index (χ0v) is 16.3. The van der Waals surface area contributed by atoms with Gasteiger partial charge >= 0.3 is 0 Å². The average molecular weight is 365 g/mol. The van der Waals surface area contributed by atoms with Gasteiger partial charge in [-0.05, 0) is 47.2 Å². The van der Waals surface area contributed by atoms with E-state index in [-0.39, 0.29) is 0 Å². The van der Waals surface area contributed by atoms with E-state index in [0.29, 0.717) is 5.92 Å². The first-order chi connectivity index (χ1) is 13.2. The number of ether oxygens (including phenoxy) is 2. The molecular weight excluding hydrogens is 338 g/mol. The SMILES string of the molecule is CN=C(NCC1Cc2ccccc21)N1CCc2cc(OC)c(OC)cc2C1. The predicted molar refractivity (Wildman–Crippen MR) is 108 cm³/mol. The van der Waals surface area contributed by atoms with Gasteiger partial charge in [-0.15, -0.1) is 0 Å². The van der Waals surface area contributed by atoms with E-state index in [9.17, 15) is 0 Å². The van der Waals surface area contributed by atoms with E-state index in [1.807, 2.05) is 7.05 Å². The Hall–Kier alpha value is -2.69. The molecule has 0 saturated carbocycles. The molecule has 4 rings (SSSR count). The van der Waals surface area contributed by atoms with Gasteiger partial charge in [0.1, 0.15) is 0 Å². The number of guanidine groups is 1. The molecule has 2 aromatic rings. The highest BCUT2D eigenvalue weighted by Gasteiger charge is 2.27. The quantitative estimate of drug-likeness (QED) is 0.668. The first-order valence-corrected chi connectivity index (χ1v) is 9.50. The molecule has 0 fully saturated rings. The van der Waals surface area contributed by atoms with Gasteiger partial charge in [0, 0.05) is 32.6 Å². The minimum Gasteiger partial charge on any atom is -0.493 e. The molecule has 0 radical (unpaired) electrons. The van der Waals surface area contributed by atoms with E-state index in [2.05, 4.69) is 51.6 Å². The Morgan fingerprint density at radius 2 is 1.85 bits per heavy atom. The van der Waals surface area contributed by atoms with Crippen molar-refractivity contribution in [1.29, 1.82) is 0 Å². The Labute approximate surface area is 161 Å². The van der Waals surface area contributed by atoms with Crippen LogP contribution in [-0.2, 0) is 19.4 Å². The molecule has 1 N–H and O–H groups in total. The van der Waals surface area contributed by atoms with E-state index >= 15 is 0 Å². The zero-order valence-electron chi connectivity index (χ0n) is 16.3. The summed E-state index contributed by atoms with van der Waals surface area (Å²) in [5, 5.41) is 3.58. The van der Waals surface area contributed by atoms with Crippen LogP contribution in [-0.4, -0.2) is 45.2 Å². The van der Waals surface area contributed by atoms with Crippen molar-refractivity contribution in [2.45, 2.75) is 25.3 Å². The topological polar surface area (TPSA) is 46.1 Å². The van der Waals surface area contributed by atoms with Gasteiger partial charge in [-0.25, -0.2) is 0 Å². The second kappa shape index (κ2) is 7.51. The number of hydrogen-bond acceptors (Lipinski definition) is 3. The van der Waals surface area contributed by atoms with Crippen molar-refractivity contribution in [2.24, 2.45) is 4.99 Å². The highest BCUT2D eigenvalue weighted by Crippen LogP contribution is 2.35. The Balaban J connectivity index is 1.43. The fraction of sp³-hybridized carbons (Fsp3) is 0.409. The third-order valence-corrected chi connectivity index (χ3v) is 5.70. The van der Waals surface area contributed by atoms with Crippen LogP contribution in [0.2, 0.25) is 0 Å². The predicted octanol–water partition coefficient (Wildman–Crippen LogP) is 2.98. The highest BCUT2D eigenvalue weighted by molar-refractivity contribution is 5.80. The summed E-state index contributed by atoms with van der Waals surface area (Å²) in [4.78, 5) is 6.84. The average Bonchev–Trinajstić information content (AvgIpc) is 2.70. The van der Waals surface area contributed by atoms with Gasteiger partial charge in [-0.2, -0.15) is 0 Å². The number of nitrogens with one attached hydrogen (secondary N) is 1. The molecule has 2 aromatic carbocycles. The van der Waals surface area contributed by atoms with Crippen molar-refractivity contribution < 1.29 is 9.47 Å². The standard InChI is InChI=1S/C22H27N3O2/c1-23-22(24-13-17-10-16-6-4-5-7-19(16)17)25-9-8-15-11-20(26-2)21(27-3)12-18(15)14-25/h4-7,11-12,17H,8-10,13-14H2,1-3H3,(H,23,24). The van der Waals surface area contributed by atoms with Gasteiger partial charge in [0.15, 0.2) is 17.5 Å². The molecule has 27 heavy (non-hydrogen) atoms. The maximum absolute atomic E-state index is 5.47. The van der Waals surface area contributed by atoms with Crippen molar-refractivity contribution in [3.8, 4) is 11.5 Å². The van der Waals surface area contributed by atoms with Crippen LogP contribution in [0.4, 0.5) is 0 Å². The molecule has 5 nitrogen and oxygen atoms in total. The summed E-state index contributed by atoms with van der Waals surface area (Å²) in [5.41, 5.74) is 5.55. The first kappa shape index (κ1) is 17.7. The Morgan fingerprint density at radius 1 is 1.11 bits per heavy atom. The van der Waals surface area contributed by atoms with E-state index in [4.69, 9.17) is 9.47 Å². The monoisotopic (exact) mass is 365 g/mol. The summed E-state index contributed by atoms with van der Waals surface area (Å²) in [6.45, 7) is 2.71. The maximum atomic E-state index is 5.47. The molecule has 0 bridgehead atoms. The number of rotatable bonds is 4. The van der Waals surface area contributed by atoms with Gasteiger partial charge in [-0.1, -0.05) is 24.3 Å². The Morgan fingerprint density at radius 3 is 2.56 bits per heavy atom. The lowest BCUT2D eigenvalue weighted by Crippen LogP contribution is -2.46. The summed E-state index contributed by atoms with van der Waals surface area (Å²) in [7, 11) is 5.23. The molecule has 0 saturated heterocycles. The molecule has 142 valence electrons. The van der Waals surface area contributed by atoms with Crippen LogP contribution in [0.15, 0.2) is 41.4 Å². The molecule has 0 aromatic heterocycles. The van der Waals surface area contributed by atoms with Crippen molar-refractivity contribution in [3.05, 3.63) is 58.7 Å². The minimum absolute atomic E-state index is 0.583. The van der Waals surface area contributed by atoms with Crippen LogP contribution >= 0.6 is 0 Å². The Kier molecular flexibility index (Phi) is 4.92. The lowest BCUT2D eigenvalue weighted by atomic mass is 9.78. The summed E-state index contributed by atoms with van der Waals surface area (Å²) >= 11 is 0. The van der Waals surface area contributed by atoms with Gasteiger partial charge in [-0.3, -0.25) is 4.99 Å². The van der Waals surface area contributed by atoms with Crippen molar-refractivity contribution in [2.75, 3.05) is 34.4 Å². The molecule has 0 spiro atoms. The van der Waals surface area contributed by atoms with Gasteiger partial charge in [0.25, 0.3) is 0 Å². The van der Waals surface area contributed by atoms with E-state index in [1.54, 1.807) is 14.2 Å². The molecule has 1 aliphatic carbocycles. The van der Waals surface area contributed by atoms with E-state index < -0.39 is 0 Å². The molecule has 2 aliphatic rings. The number of methoxy groups -OCH3 is 2. The maximum Gasteiger partial charge on any atom is 0.193 e. The minimum atomic E-state index is 0.583. The van der Waals surface area contributed by atoms with Crippen molar-refractivity contribution >= 4 is 5.96 Å². The van der Waals surface area contributed by atoms with Gasteiger partial charge in [0.2, 0.25) is 0 Å². The number of hydrogen-bond donors (Lipinski definition) is 1. The highest BCUT2D eigenvalue weighted by atomic mass is 16.5. The van der Waals surface area contributed by atoms with Crippen LogP contribution in [0.25, 0.3) is 0 Å². The van der Waals surface area contributed by atoms with Crippen LogP contribution in [0.5, 0.6) is 11.5 Å².